The van der Waals surface area contributed by atoms with Crippen LogP contribution < -0.4 is 11.1 Å². The number of nitrogens with zero attached hydrogens (tertiary/aromatic N) is 8. The molecule has 4 unspecified atom stereocenters. The molecule has 6 aromatic heterocycles. The Hall–Kier alpha value is -4.33. The number of hydrogen-bond acceptors (Lipinski definition) is 10. The van der Waals surface area contributed by atoms with E-state index in [-0.39, 0.29) is 90.1 Å². The minimum atomic E-state index is -4.89. The van der Waals surface area contributed by atoms with E-state index in [4.69, 9.17) is 0 Å². The number of aromatic nitrogens is 8. The highest BCUT2D eigenvalue weighted by molar-refractivity contribution is 7.17. The van der Waals surface area contributed by atoms with Gasteiger partial charge in [0.05, 0.1) is 35.9 Å². The molecular weight excluding hydrogens is 792 g/mol. The number of aliphatic hydroxyl groups is 2. The van der Waals surface area contributed by atoms with Crippen LogP contribution in [0.2, 0.25) is 0 Å². The molecule has 12 nitrogen and oxygen atoms in total. The maximum Gasteiger partial charge on any atom is 0.438 e. The first kappa shape index (κ1) is 38.2. The summed E-state index contributed by atoms with van der Waals surface area (Å²) in [5, 5.41) is 26.6. The van der Waals surface area contributed by atoms with Crippen molar-refractivity contribution >= 4 is 32.6 Å². The lowest BCUT2D eigenvalue weighted by atomic mass is 10.2. The fourth-order valence-corrected chi connectivity index (χ4v) is 10.1. The summed E-state index contributed by atoms with van der Waals surface area (Å²) in [6.07, 6.45) is 0.0232. The molecule has 19 heteroatoms. The molecule has 4 aliphatic carbocycles. The lowest BCUT2D eigenvalue weighted by Crippen LogP contribution is -2.18. The fraction of sp³-hybridized carbons (Fsp3) is 0.526. The second-order valence-corrected chi connectivity index (χ2v) is 18.1. The molecule has 6 aromatic rings. The van der Waals surface area contributed by atoms with Crippen molar-refractivity contribution in [3.63, 3.8) is 0 Å². The second-order valence-electron chi connectivity index (χ2n) is 15.8. The number of aryl methyl sites for hydroxylation is 2. The van der Waals surface area contributed by atoms with E-state index in [2.05, 4.69) is 20.2 Å². The average molecular weight is 831 g/mol. The van der Waals surface area contributed by atoms with Crippen LogP contribution >= 0.6 is 22.7 Å². The predicted molar refractivity (Wildman–Crippen MR) is 200 cm³/mol. The molecule has 2 N–H and O–H groups in total. The lowest BCUT2D eigenvalue weighted by Gasteiger charge is -2.07. The molecule has 4 aliphatic rings. The Balaban J connectivity index is 0.000000149. The summed E-state index contributed by atoms with van der Waals surface area (Å²) in [6, 6.07) is 2.79. The zero-order chi connectivity index (χ0) is 40.2. The van der Waals surface area contributed by atoms with E-state index in [0.29, 0.717) is 39.8 Å². The molecular formula is C38H39F5N8O4S2. The van der Waals surface area contributed by atoms with Gasteiger partial charge in [0.1, 0.15) is 5.69 Å². The number of rotatable bonds is 10. The first-order valence-electron chi connectivity index (χ1n) is 19.0. The average Bonchev–Trinajstić information content (AvgIpc) is 4.00. The van der Waals surface area contributed by atoms with Crippen molar-refractivity contribution in [3.05, 3.63) is 99.8 Å². The predicted octanol–water partition coefficient (Wildman–Crippen LogP) is 6.17. The van der Waals surface area contributed by atoms with E-state index in [1.54, 1.807) is 16.0 Å². The van der Waals surface area contributed by atoms with Crippen LogP contribution in [0.15, 0.2) is 21.7 Å². The molecule has 57 heavy (non-hydrogen) atoms. The standard InChI is InChI=1S/C19H18F4N4O2S.C19H21FN4O2S/c1-8-15(12-4-10(12)7-28)27-13(29)5-11(24-18(27)30-8)6-26-16(9-2-3-9)14(20)17(25-26)19(21,22)23;1-9-16(20)17(11-3-4-11)22-23(9)7-13-6-15(26)24-18(14-5-12(14)8-25)10(2)27-19(24)21-13/h5,9-10,12,28H,2-4,6-7H2,1H3;6,11-12,14,25H,3-5,7-8H2,1-2H3. The molecule has 4 atom stereocenters. The highest BCUT2D eigenvalue weighted by Gasteiger charge is 2.44. The minimum absolute atomic E-state index is 0.0536. The topological polar surface area (TPSA) is 145 Å². The molecule has 302 valence electrons. The van der Waals surface area contributed by atoms with Crippen LogP contribution in [-0.2, 0) is 19.3 Å². The Morgan fingerprint density at radius 3 is 1.65 bits per heavy atom. The van der Waals surface area contributed by atoms with Crippen molar-refractivity contribution in [2.45, 2.75) is 102 Å². The molecule has 0 amide bonds. The van der Waals surface area contributed by atoms with E-state index < -0.39 is 17.7 Å². The summed E-state index contributed by atoms with van der Waals surface area (Å²) in [6.45, 7) is 5.87. The van der Waals surface area contributed by atoms with E-state index in [1.807, 2.05) is 13.8 Å². The number of fused-ring (bicyclic) bond motifs is 2. The van der Waals surface area contributed by atoms with Gasteiger partial charge < -0.3 is 10.2 Å². The summed E-state index contributed by atoms with van der Waals surface area (Å²) >= 11 is 2.81. The van der Waals surface area contributed by atoms with Crippen LogP contribution in [0.25, 0.3) is 9.92 Å². The Kier molecular flexibility index (Phi) is 9.32. The van der Waals surface area contributed by atoms with Gasteiger partial charge in [-0.3, -0.25) is 27.8 Å². The molecule has 0 aromatic carbocycles. The van der Waals surface area contributed by atoms with Gasteiger partial charge in [0, 0.05) is 70.2 Å². The van der Waals surface area contributed by atoms with Gasteiger partial charge in [0.2, 0.25) is 5.69 Å². The largest absolute Gasteiger partial charge is 0.438 e. The summed E-state index contributed by atoms with van der Waals surface area (Å²) in [7, 11) is 0. The van der Waals surface area contributed by atoms with Gasteiger partial charge in [-0.05, 0) is 71.1 Å². The second kappa shape index (κ2) is 13.9. The number of alkyl halides is 3. The Labute approximate surface area is 329 Å². The third-order valence-corrected chi connectivity index (χ3v) is 13.4. The Morgan fingerprint density at radius 1 is 0.719 bits per heavy atom. The molecule has 0 saturated heterocycles. The van der Waals surface area contributed by atoms with Gasteiger partial charge in [-0.15, -0.1) is 22.7 Å². The van der Waals surface area contributed by atoms with Crippen molar-refractivity contribution < 1.29 is 32.2 Å². The molecule has 0 aliphatic heterocycles. The first-order valence-corrected chi connectivity index (χ1v) is 20.6. The molecule has 0 spiro atoms. The summed E-state index contributed by atoms with van der Waals surface area (Å²) < 4.78 is 74.0. The van der Waals surface area contributed by atoms with Crippen LogP contribution in [0.4, 0.5) is 22.0 Å². The number of aliphatic hydroxyl groups excluding tert-OH is 2. The molecule has 0 bridgehead atoms. The molecule has 4 fully saturated rings. The normalized spacial score (nSPS) is 21.7. The third-order valence-electron chi connectivity index (χ3n) is 11.5. The van der Waals surface area contributed by atoms with Crippen molar-refractivity contribution in [1.82, 2.24) is 38.3 Å². The number of hydrogen-bond donors (Lipinski definition) is 2. The Morgan fingerprint density at radius 2 is 1.21 bits per heavy atom. The lowest BCUT2D eigenvalue weighted by molar-refractivity contribution is -0.143. The molecule has 0 radical (unpaired) electrons. The van der Waals surface area contributed by atoms with Gasteiger partial charge in [-0.25, -0.2) is 18.7 Å². The van der Waals surface area contributed by atoms with E-state index in [1.165, 1.54) is 39.2 Å². The number of thiazole rings is 2. The summed E-state index contributed by atoms with van der Waals surface area (Å²) in [5.74, 6) is -0.909. The maximum absolute atomic E-state index is 14.4. The molecule has 4 saturated carbocycles. The Bertz CT molecular complexity index is 2680. The summed E-state index contributed by atoms with van der Waals surface area (Å²) in [4.78, 5) is 37.8. The highest BCUT2D eigenvalue weighted by Crippen LogP contribution is 2.50. The van der Waals surface area contributed by atoms with Crippen LogP contribution in [0.1, 0.15) is 118 Å². The zero-order valence-corrected chi connectivity index (χ0v) is 32.8. The van der Waals surface area contributed by atoms with E-state index in [9.17, 15) is 41.8 Å². The van der Waals surface area contributed by atoms with Crippen molar-refractivity contribution in [3.8, 4) is 0 Å². The quantitative estimate of drug-likeness (QED) is 0.156. The first-order chi connectivity index (χ1) is 27.2. The highest BCUT2D eigenvalue weighted by atomic mass is 32.1. The van der Waals surface area contributed by atoms with Crippen LogP contribution in [0.5, 0.6) is 0 Å². The maximum atomic E-state index is 14.4. The van der Waals surface area contributed by atoms with Gasteiger partial charge in [0.15, 0.2) is 21.6 Å². The van der Waals surface area contributed by atoms with Crippen molar-refractivity contribution in [2.24, 2.45) is 11.8 Å². The number of halogens is 5. The van der Waals surface area contributed by atoms with E-state index >= 15 is 0 Å². The summed E-state index contributed by atoms with van der Waals surface area (Å²) in [5.41, 5.74) is 1.62. The van der Waals surface area contributed by atoms with Gasteiger partial charge in [0.25, 0.3) is 11.1 Å². The minimum Gasteiger partial charge on any atom is -0.396 e. The van der Waals surface area contributed by atoms with E-state index in [0.717, 1.165) is 51.5 Å². The smallest absolute Gasteiger partial charge is 0.396 e. The zero-order valence-electron chi connectivity index (χ0n) is 31.2. The fourth-order valence-electron chi connectivity index (χ4n) is 8.00. The monoisotopic (exact) mass is 830 g/mol. The van der Waals surface area contributed by atoms with Gasteiger partial charge in [-0.1, -0.05) is 0 Å². The third kappa shape index (κ3) is 6.93. The van der Waals surface area contributed by atoms with Crippen LogP contribution in [0.3, 0.4) is 0 Å². The van der Waals surface area contributed by atoms with Crippen molar-refractivity contribution in [2.75, 3.05) is 13.2 Å². The van der Waals surface area contributed by atoms with Gasteiger partial charge in [-0.2, -0.15) is 23.4 Å². The molecule has 10 rings (SSSR count). The van der Waals surface area contributed by atoms with Gasteiger partial charge >= 0.3 is 6.18 Å². The van der Waals surface area contributed by atoms with Crippen LogP contribution in [0, 0.1) is 44.2 Å². The SMILES string of the molecule is Cc1sc2nc(Cn3nc(C(F)(F)F)c(F)c3C3CC3)cc(=O)n2c1C1CC1CO.Cc1sc2nc(Cn3nc(C4CC4)c(F)c3C)cc(=O)n2c1C1CC1CO. The van der Waals surface area contributed by atoms with Crippen LogP contribution in [-0.4, -0.2) is 61.8 Å². The molecule has 6 heterocycles. The van der Waals surface area contributed by atoms with Crippen molar-refractivity contribution in [1.29, 1.82) is 0 Å².